The molecule has 8 nitrogen and oxygen atoms in total. The standard InChI is InChI=1S/C25H27Cl2N3O5S2/c1-25(2,3)35-24(32)28-18(12-15-8-5-4-6-9-15)22(31)29-23-30(21-16(26)10-7-11-17(21)27)19-13-37(33,34)14-20(19)36-23/h4-11,18-20H,12-14H2,1-3H3,(H,28,32)/t18-,19+,20-/m0/s1. The largest absolute Gasteiger partial charge is 0.444 e. The lowest BCUT2D eigenvalue weighted by atomic mass is 10.1. The molecular formula is C25H27Cl2N3O5S2. The Morgan fingerprint density at radius 2 is 1.76 bits per heavy atom. The number of nitrogens with zero attached hydrogens (tertiary/aromatic N) is 2. The van der Waals surface area contributed by atoms with Crippen LogP contribution in [0.15, 0.2) is 53.5 Å². The summed E-state index contributed by atoms with van der Waals surface area (Å²) >= 11 is 14.1. The first kappa shape index (κ1) is 27.8. The van der Waals surface area contributed by atoms with Crippen LogP contribution in [0.3, 0.4) is 0 Å². The molecule has 1 N–H and O–H groups in total. The maximum atomic E-state index is 13.5. The minimum Gasteiger partial charge on any atom is -0.444 e. The first-order valence-electron chi connectivity index (χ1n) is 11.6. The van der Waals surface area contributed by atoms with Crippen LogP contribution in [0.2, 0.25) is 10.0 Å². The number of hydrogen-bond acceptors (Lipinski definition) is 6. The Bertz CT molecular complexity index is 1310. The van der Waals surface area contributed by atoms with E-state index in [9.17, 15) is 18.0 Å². The van der Waals surface area contributed by atoms with Gasteiger partial charge in [-0.05, 0) is 38.5 Å². The van der Waals surface area contributed by atoms with Crippen molar-refractivity contribution in [3.05, 3.63) is 64.1 Å². The lowest BCUT2D eigenvalue weighted by Crippen LogP contribution is -2.45. The summed E-state index contributed by atoms with van der Waals surface area (Å²) in [4.78, 5) is 32.1. The number of alkyl carbamates (subject to hydrolysis) is 1. The number of aliphatic imine (C=N–C) groups is 1. The highest BCUT2D eigenvalue weighted by atomic mass is 35.5. The van der Waals surface area contributed by atoms with Gasteiger partial charge >= 0.3 is 6.09 Å². The Morgan fingerprint density at radius 3 is 2.38 bits per heavy atom. The highest BCUT2D eigenvalue weighted by Gasteiger charge is 2.50. The van der Waals surface area contributed by atoms with Crippen molar-refractivity contribution < 1.29 is 22.7 Å². The number of para-hydroxylation sites is 1. The summed E-state index contributed by atoms with van der Waals surface area (Å²) in [6.45, 7) is 5.19. The van der Waals surface area contributed by atoms with Gasteiger partial charge in [-0.1, -0.05) is 71.4 Å². The van der Waals surface area contributed by atoms with Crippen molar-refractivity contribution >= 4 is 67.7 Å². The molecule has 198 valence electrons. The van der Waals surface area contributed by atoms with E-state index in [0.717, 1.165) is 5.56 Å². The van der Waals surface area contributed by atoms with Crippen molar-refractivity contribution in [2.45, 2.75) is 50.1 Å². The van der Waals surface area contributed by atoms with Crippen molar-refractivity contribution in [2.75, 3.05) is 16.4 Å². The second-order valence-electron chi connectivity index (χ2n) is 9.86. The van der Waals surface area contributed by atoms with Crippen LogP contribution in [0, 0.1) is 0 Å². The molecule has 2 aromatic rings. The summed E-state index contributed by atoms with van der Waals surface area (Å²) in [5.41, 5.74) is 0.470. The van der Waals surface area contributed by atoms with Gasteiger partial charge in [0, 0.05) is 11.7 Å². The van der Waals surface area contributed by atoms with Crippen LogP contribution in [-0.2, 0) is 25.8 Å². The van der Waals surface area contributed by atoms with Gasteiger partial charge in [-0.15, -0.1) is 0 Å². The number of hydrogen-bond donors (Lipinski definition) is 1. The van der Waals surface area contributed by atoms with Crippen LogP contribution in [0.1, 0.15) is 26.3 Å². The Kier molecular flexibility index (Phi) is 8.13. The molecule has 0 saturated carbocycles. The van der Waals surface area contributed by atoms with Crippen LogP contribution < -0.4 is 10.2 Å². The molecule has 0 spiro atoms. The molecule has 0 aliphatic carbocycles. The van der Waals surface area contributed by atoms with E-state index in [1.807, 2.05) is 30.3 Å². The highest BCUT2D eigenvalue weighted by Crippen LogP contribution is 2.45. The molecule has 0 radical (unpaired) electrons. The molecule has 2 aliphatic rings. The highest BCUT2D eigenvalue weighted by molar-refractivity contribution is 8.16. The van der Waals surface area contributed by atoms with Crippen LogP contribution in [0.5, 0.6) is 0 Å². The molecule has 0 bridgehead atoms. The van der Waals surface area contributed by atoms with Crippen molar-refractivity contribution in [1.29, 1.82) is 0 Å². The Labute approximate surface area is 230 Å². The fraction of sp³-hybridized carbons (Fsp3) is 0.400. The molecule has 0 aromatic heterocycles. The van der Waals surface area contributed by atoms with E-state index in [0.29, 0.717) is 15.7 Å². The van der Waals surface area contributed by atoms with Gasteiger partial charge in [0.25, 0.3) is 5.91 Å². The summed E-state index contributed by atoms with van der Waals surface area (Å²) in [7, 11) is -3.28. The van der Waals surface area contributed by atoms with E-state index < -0.39 is 39.5 Å². The van der Waals surface area contributed by atoms with Crippen LogP contribution >= 0.6 is 35.0 Å². The van der Waals surface area contributed by atoms with Gasteiger partial charge in [-0.3, -0.25) is 4.79 Å². The monoisotopic (exact) mass is 583 g/mol. The third kappa shape index (κ3) is 6.79. The van der Waals surface area contributed by atoms with Crippen LogP contribution in [0.25, 0.3) is 0 Å². The molecule has 3 atom stereocenters. The minimum atomic E-state index is -3.28. The predicted octanol–water partition coefficient (Wildman–Crippen LogP) is 4.73. The quantitative estimate of drug-likeness (QED) is 0.542. The Hall–Kier alpha value is -2.27. The zero-order valence-corrected chi connectivity index (χ0v) is 23.6. The van der Waals surface area contributed by atoms with Gasteiger partial charge in [0.1, 0.15) is 11.6 Å². The van der Waals surface area contributed by atoms with Gasteiger partial charge in [0.05, 0.1) is 33.3 Å². The number of thioether (sulfide) groups is 1. The van der Waals surface area contributed by atoms with Crippen LogP contribution in [0.4, 0.5) is 10.5 Å². The maximum Gasteiger partial charge on any atom is 0.408 e. The average Bonchev–Trinajstić information content (AvgIpc) is 3.24. The Balaban J connectivity index is 1.69. The number of sulfone groups is 1. The third-order valence-corrected chi connectivity index (χ3v) is 9.54. The summed E-state index contributed by atoms with van der Waals surface area (Å²) in [6, 6.07) is 12.7. The molecule has 2 aromatic carbocycles. The number of rotatable bonds is 5. The first-order chi connectivity index (χ1) is 17.3. The molecule has 2 aliphatic heterocycles. The lowest BCUT2D eigenvalue weighted by molar-refractivity contribution is -0.119. The summed E-state index contributed by atoms with van der Waals surface area (Å²) in [6.07, 6.45) is -0.552. The van der Waals surface area contributed by atoms with E-state index >= 15 is 0 Å². The number of anilines is 1. The van der Waals surface area contributed by atoms with Gasteiger partial charge in [-0.25, -0.2) is 13.2 Å². The zero-order valence-electron chi connectivity index (χ0n) is 20.5. The number of amidine groups is 1. The van der Waals surface area contributed by atoms with E-state index in [-0.39, 0.29) is 28.3 Å². The topological polar surface area (TPSA) is 105 Å². The number of halogens is 2. The van der Waals surface area contributed by atoms with Crippen molar-refractivity contribution in [3.63, 3.8) is 0 Å². The molecule has 2 fully saturated rings. The number of carbonyl (C=O) groups is 2. The summed E-state index contributed by atoms with van der Waals surface area (Å²) < 4.78 is 30.1. The Morgan fingerprint density at radius 1 is 1.11 bits per heavy atom. The average molecular weight is 585 g/mol. The predicted molar refractivity (Wildman–Crippen MR) is 149 cm³/mol. The molecular weight excluding hydrogens is 557 g/mol. The second-order valence-corrected chi connectivity index (χ2v) is 14.0. The number of amides is 2. The molecule has 12 heteroatoms. The van der Waals surface area contributed by atoms with Crippen molar-refractivity contribution in [3.8, 4) is 0 Å². The van der Waals surface area contributed by atoms with Gasteiger partial charge < -0.3 is 15.0 Å². The summed E-state index contributed by atoms with van der Waals surface area (Å²) in [5, 5.41) is 3.21. The fourth-order valence-electron chi connectivity index (χ4n) is 4.22. The number of nitrogens with one attached hydrogen (secondary N) is 1. The zero-order chi connectivity index (χ0) is 27.0. The number of benzene rings is 2. The number of fused-ring (bicyclic) bond motifs is 1. The second kappa shape index (κ2) is 10.8. The van der Waals surface area contributed by atoms with E-state index in [1.165, 1.54) is 11.8 Å². The van der Waals surface area contributed by atoms with Gasteiger partial charge in [-0.2, -0.15) is 4.99 Å². The molecule has 0 unspecified atom stereocenters. The molecule has 2 saturated heterocycles. The van der Waals surface area contributed by atoms with E-state index in [1.54, 1.807) is 43.9 Å². The van der Waals surface area contributed by atoms with Crippen LogP contribution in [-0.4, -0.2) is 60.0 Å². The van der Waals surface area contributed by atoms with Gasteiger partial charge in [0.15, 0.2) is 15.0 Å². The fourth-order valence-corrected chi connectivity index (χ4v) is 8.70. The molecule has 2 amide bonds. The normalized spacial score (nSPS) is 22.5. The SMILES string of the molecule is CC(C)(C)OC(=O)N[C@@H](Cc1ccccc1)C(=O)N=C1S[C@H]2CS(=O)(=O)C[C@H]2N1c1c(Cl)cccc1Cl. The van der Waals surface area contributed by atoms with Crippen molar-refractivity contribution in [1.82, 2.24) is 5.32 Å². The summed E-state index contributed by atoms with van der Waals surface area (Å²) in [5.74, 6) is -0.756. The van der Waals surface area contributed by atoms with Gasteiger partial charge in [0.2, 0.25) is 0 Å². The number of ether oxygens (including phenoxy) is 1. The number of carbonyl (C=O) groups excluding carboxylic acids is 2. The van der Waals surface area contributed by atoms with Crippen molar-refractivity contribution in [2.24, 2.45) is 4.99 Å². The third-order valence-electron chi connectivity index (χ3n) is 5.72. The maximum absolute atomic E-state index is 13.5. The first-order valence-corrected chi connectivity index (χ1v) is 15.0. The molecule has 4 rings (SSSR count). The lowest BCUT2D eigenvalue weighted by Gasteiger charge is -2.27. The molecule has 37 heavy (non-hydrogen) atoms. The molecule has 2 heterocycles. The smallest absolute Gasteiger partial charge is 0.408 e. The minimum absolute atomic E-state index is 0.0439. The van der Waals surface area contributed by atoms with E-state index in [4.69, 9.17) is 27.9 Å². The van der Waals surface area contributed by atoms with E-state index in [2.05, 4.69) is 10.3 Å².